The number of ether oxygens (including phenoxy) is 1. The normalized spacial score (nSPS) is 16.9. The van der Waals surface area contributed by atoms with Crippen molar-refractivity contribution in [1.29, 1.82) is 0 Å². The lowest BCUT2D eigenvalue weighted by Gasteiger charge is -2.15. The number of aryl methyl sites for hydroxylation is 1. The van der Waals surface area contributed by atoms with Gasteiger partial charge in [0.15, 0.2) is 5.65 Å². The Morgan fingerprint density at radius 1 is 1.02 bits per heavy atom. The van der Waals surface area contributed by atoms with Crippen LogP contribution in [0.5, 0.6) is 5.75 Å². The molecule has 17 heteroatoms. The van der Waals surface area contributed by atoms with E-state index in [9.17, 15) is 9.59 Å². The average molecular weight is 780 g/mol. The number of furan rings is 1. The predicted molar refractivity (Wildman–Crippen MR) is 213 cm³/mol. The summed E-state index contributed by atoms with van der Waals surface area (Å²) in [5.41, 5.74) is 17.6. The molecule has 7 aromatic rings. The maximum atomic E-state index is 12.0. The Bertz CT molecular complexity index is 2580. The van der Waals surface area contributed by atoms with E-state index in [0.717, 1.165) is 72.4 Å². The summed E-state index contributed by atoms with van der Waals surface area (Å²) in [6.07, 6.45) is 11.2. The van der Waals surface area contributed by atoms with Crippen LogP contribution in [0.3, 0.4) is 0 Å². The molecule has 2 unspecified atom stereocenters. The molecule has 4 N–H and O–H groups in total. The highest BCUT2D eigenvalue weighted by Crippen LogP contribution is 2.43. The lowest BCUT2D eigenvalue weighted by atomic mass is 10.1. The Hall–Kier alpha value is -6.00. The highest BCUT2D eigenvalue weighted by molar-refractivity contribution is 7.22. The van der Waals surface area contributed by atoms with Crippen LogP contribution < -0.4 is 16.2 Å². The van der Waals surface area contributed by atoms with E-state index >= 15 is 0 Å². The van der Waals surface area contributed by atoms with Gasteiger partial charge in [-0.2, -0.15) is 5.10 Å². The standard InChI is InChI=1S/C21H21ClN6O2S.C17H17N5O2/c1-11-5-12-7-15(31-19(12)14(6-11)30-2)18-17-20(23)24-10-25-21(17)28(26-18)13-3-4-27(9-13)16(29)8-22;1-2-14(23)21-5-3-12(7-21)22-8-13(11-4-6-24-9-11)15-16(18)19-10-20-17(15)22/h5-7,10,13H,3-4,8-9H2,1-2H3,(H2,23,24,25);2,4,6,8-10,12H,1,3,5,7H2,(H2,18,19,20). The molecule has 2 amide bonds. The maximum Gasteiger partial charge on any atom is 0.246 e. The van der Waals surface area contributed by atoms with Gasteiger partial charge < -0.3 is 35.0 Å². The number of amides is 2. The zero-order valence-electron chi connectivity index (χ0n) is 30.2. The molecule has 0 saturated carbocycles. The molecule has 2 atom stereocenters. The summed E-state index contributed by atoms with van der Waals surface area (Å²) in [5, 5.41) is 7.56. The van der Waals surface area contributed by atoms with Crippen LogP contribution in [-0.2, 0) is 9.59 Å². The van der Waals surface area contributed by atoms with Crippen LogP contribution in [0.4, 0.5) is 11.6 Å². The van der Waals surface area contributed by atoms with Gasteiger partial charge in [-0.25, -0.2) is 24.6 Å². The number of fused-ring (bicyclic) bond motifs is 3. The molecule has 0 aliphatic carbocycles. The number of anilines is 2. The van der Waals surface area contributed by atoms with Crippen molar-refractivity contribution in [3.8, 4) is 27.4 Å². The summed E-state index contributed by atoms with van der Waals surface area (Å²) < 4.78 is 15.8. The first-order valence-corrected chi connectivity index (χ1v) is 19.0. The minimum atomic E-state index is -0.0676. The second-order valence-corrected chi connectivity index (χ2v) is 14.8. The molecule has 15 nitrogen and oxygen atoms in total. The Balaban J connectivity index is 0.000000160. The van der Waals surface area contributed by atoms with Crippen LogP contribution >= 0.6 is 22.9 Å². The van der Waals surface area contributed by atoms with E-state index < -0.39 is 0 Å². The van der Waals surface area contributed by atoms with Gasteiger partial charge in [0.25, 0.3) is 0 Å². The minimum Gasteiger partial charge on any atom is -0.495 e. The fraction of sp³-hybridized carbons (Fsp3) is 0.289. The number of nitrogens with two attached hydrogens (primary N) is 2. The second-order valence-electron chi connectivity index (χ2n) is 13.5. The van der Waals surface area contributed by atoms with Gasteiger partial charge in [0.2, 0.25) is 11.8 Å². The quantitative estimate of drug-likeness (QED) is 0.146. The molecule has 1 aromatic carbocycles. The molecule has 0 bridgehead atoms. The zero-order valence-corrected chi connectivity index (χ0v) is 31.8. The summed E-state index contributed by atoms with van der Waals surface area (Å²) in [4.78, 5) is 45.6. The molecular weight excluding hydrogens is 742 g/mol. The molecule has 8 heterocycles. The molecular formula is C38H38ClN11O4S. The van der Waals surface area contributed by atoms with Crippen LogP contribution in [-0.4, -0.2) is 95.1 Å². The predicted octanol–water partition coefficient (Wildman–Crippen LogP) is 5.85. The molecule has 55 heavy (non-hydrogen) atoms. The van der Waals surface area contributed by atoms with Gasteiger partial charge in [-0.1, -0.05) is 12.6 Å². The number of hydrogen-bond acceptors (Lipinski definition) is 12. The first-order chi connectivity index (χ1) is 26.7. The molecule has 2 aliphatic heterocycles. The summed E-state index contributed by atoms with van der Waals surface area (Å²) >= 11 is 7.35. The van der Waals surface area contributed by atoms with E-state index in [0.29, 0.717) is 43.5 Å². The highest BCUT2D eigenvalue weighted by atomic mass is 35.5. The van der Waals surface area contributed by atoms with Crippen LogP contribution in [0.25, 0.3) is 53.9 Å². The smallest absolute Gasteiger partial charge is 0.246 e. The molecule has 0 radical (unpaired) electrons. The zero-order chi connectivity index (χ0) is 38.4. The number of carbonyl (C=O) groups is 2. The number of aromatic nitrogens is 7. The number of thiophene rings is 1. The van der Waals surface area contributed by atoms with E-state index in [4.69, 9.17) is 37.3 Å². The Kier molecular flexibility index (Phi) is 9.61. The number of rotatable bonds is 7. The van der Waals surface area contributed by atoms with Crippen molar-refractivity contribution < 1.29 is 18.7 Å². The Morgan fingerprint density at radius 3 is 2.47 bits per heavy atom. The molecule has 0 spiro atoms. The fourth-order valence-electron chi connectivity index (χ4n) is 7.53. The number of alkyl halides is 1. The molecule has 6 aromatic heterocycles. The van der Waals surface area contributed by atoms with Crippen molar-refractivity contribution in [3.63, 3.8) is 0 Å². The van der Waals surface area contributed by atoms with Gasteiger partial charge in [-0.3, -0.25) is 9.59 Å². The first-order valence-electron chi connectivity index (χ1n) is 17.6. The summed E-state index contributed by atoms with van der Waals surface area (Å²) in [6.45, 7) is 8.13. The number of halogens is 1. The van der Waals surface area contributed by atoms with Crippen LogP contribution in [0.15, 0.2) is 72.7 Å². The topological polar surface area (TPSA) is 189 Å². The number of benzene rings is 1. The van der Waals surface area contributed by atoms with Gasteiger partial charge >= 0.3 is 0 Å². The summed E-state index contributed by atoms with van der Waals surface area (Å²) in [6, 6.07) is 8.29. The minimum absolute atomic E-state index is 0.00359. The summed E-state index contributed by atoms with van der Waals surface area (Å²) in [7, 11) is 1.68. The molecule has 282 valence electrons. The number of nitrogen functional groups attached to an aromatic ring is 2. The van der Waals surface area contributed by atoms with Gasteiger partial charge in [-0.15, -0.1) is 22.9 Å². The number of hydrogen-bond donors (Lipinski definition) is 2. The van der Waals surface area contributed by atoms with Crippen molar-refractivity contribution >= 4 is 78.5 Å². The SMILES string of the molecule is C=CC(=O)N1CCC(n2cc(-c3ccoc3)c3c(N)ncnc32)C1.COc1cc(C)cc2cc(-c3nn(C4CCN(C(=O)CCl)C4)c4ncnc(N)c34)sc12. The molecule has 2 aliphatic rings. The van der Waals surface area contributed by atoms with Crippen molar-refractivity contribution in [2.24, 2.45) is 0 Å². The monoisotopic (exact) mass is 779 g/mol. The Labute approximate surface area is 324 Å². The molecule has 2 fully saturated rings. The Morgan fingerprint density at radius 2 is 1.75 bits per heavy atom. The van der Waals surface area contributed by atoms with E-state index in [1.807, 2.05) is 29.9 Å². The van der Waals surface area contributed by atoms with E-state index in [1.165, 1.54) is 18.7 Å². The van der Waals surface area contributed by atoms with Crippen molar-refractivity contribution in [1.82, 2.24) is 44.1 Å². The molecule has 2 saturated heterocycles. The average Bonchev–Trinajstić information content (AvgIpc) is 4.04. The third kappa shape index (κ3) is 6.50. The van der Waals surface area contributed by atoms with E-state index in [1.54, 1.807) is 40.8 Å². The highest BCUT2D eigenvalue weighted by Gasteiger charge is 2.32. The van der Waals surface area contributed by atoms with Crippen molar-refractivity contribution in [3.05, 3.63) is 73.9 Å². The largest absolute Gasteiger partial charge is 0.495 e. The van der Waals surface area contributed by atoms with Crippen molar-refractivity contribution in [2.45, 2.75) is 31.8 Å². The third-order valence-corrected chi connectivity index (χ3v) is 11.6. The van der Waals surface area contributed by atoms with Crippen LogP contribution in [0.2, 0.25) is 0 Å². The summed E-state index contributed by atoms with van der Waals surface area (Å²) in [5.74, 6) is 1.53. The van der Waals surface area contributed by atoms with Gasteiger partial charge in [0.05, 0.1) is 52.1 Å². The van der Waals surface area contributed by atoms with E-state index in [2.05, 4.69) is 43.2 Å². The van der Waals surface area contributed by atoms with Crippen LogP contribution in [0.1, 0.15) is 30.5 Å². The third-order valence-electron chi connectivity index (χ3n) is 10.2. The maximum absolute atomic E-state index is 12.0. The lowest BCUT2D eigenvalue weighted by Crippen LogP contribution is -2.30. The van der Waals surface area contributed by atoms with E-state index in [-0.39, 0.29) is 29.8 Å². The van der Waals surface area contributed by atoms with Gasteiger partial charge in [0.1, 0.15) is 47.3 Å². The molecule has 9 rings (SSSR count). The number of carbonyl (C=O) groups excluding carboxylic acids is 2. The second kappa shape index (κ2) is 14.7. The van der Waals surface area contributed by atoms with Gasteiger partial charge in [0, 0.05) is 43.5 Å². The number of likely N-dealkylation sites (tertiary alicyclic amines) is 2. The number of nitrogens with zero attached hydrogens (tertiary/aromatic N) is 9. The lowest BCUT2D eigenvalue weighted by molar-refractivity contribution is -0.127. The van der Waals surface area contributed by atoms with Crippen molar-refractivity contribution in [2.75, 3.05) is 50.6 Å². The van der Waals surface area contributed by atoms with Gasteiger partial charge in [-0.05, 0) is 55.0 Å². The van der Waals surface area contributed by atoms with Crippen LogP contribution in [0, 0.1) is 6.92 Å². The first kappa shape index (κ1) is 36.0. The number of methoxy groups -OCH3 is 1. The fourth-order valence-corrected chi connectivity index (χ4v) is 8.82.